The molecule has 1 unspecified atom stereocenters. The number of rotatable bonds is 7. The molecule has 5 nitrogen and oxygen atoms in total. The van der Waals surface area contributed by atoms with E-state index < -0.39 is 0 Å². The third kappa shape index (κ3) is 4.61. The lowest BCUT2D eigenvalue weighted by molar-refractivity contribution is 0.157. The molecule has 1 saturated heterocycles. The van der Waals surface area contributed by atoms with Gasteiger partial charge in [-0.15, -0.1) is 5.10 Å². The zero-order chi connectivity index (χ0) is 15.9. The highest BCUT2D eigenvalue weighted by atomic mass is 15.4. The molecule has 0 saturated carbocycles. The molecule has 0 bridgehead atoms. The van der Waals surface area contributed by atoms with Crippen molar-refractivity contribution in [2.45, 2.75) is 45.6 Å². The number of likely N-dealkylation sites (tertiary alicyclic amines) is 1. The van der Waals surface area contributed by atoms with Crippen molar-refractivity contribution in [2.75, 3.05) is 19.6 Å². The van der Waals surface area contributed by atoms with Crippen LogP contribution >= 0.6 is 0 Å². The normalized spacial score (nSPS) is 19.1. The van der Waals surface area contributed by atoms with Crippen molar-refractivity contribution in [3.05, 3.63) is 30.7 Å². The second-order valence-corrected chi connectivity index (χ2v) is 6.58. The van der Waals surface area contributed by atoms with Crippen molar-refractivity contribution in [3.8, 4) is 11.3 Å². The Morgan fingerprint density at radius 1 is 1.30 bits per heavy atom. The SMILES string of the molecule is CCCCCN1CCCC(Cn2cc(-c3cccnc3)nn2)C1. The number of aromatic nitrogens is 4. The van der Waals surface area contributed by atoms with Crippen molar-refractivity contribution in [1.29, 1.82) is 0 Å². The van der Waals surface area contributed by atoms with Gasteiger partial charge < -0.3 is 4.90 Å². The molecule has 2 aromatic heterocycles. The van der Waals surface area contributed by atoms with Crippen LogP contribution in [0.3, 0.4) is 0 Å². The molecule has 5 heteroatoms. The fourth-order valence-electron chi connectivity index (χ4n) is 3.39. The van der Waals surface area contributed by atoms with Crippen LogP contribution in [0, 0.1) is 5.92 Å². The molecular weight excluding hydrogens is 286 g/mol. The summed E-state index contributed by atoms with van der Waals surface area (Å²) in [5.41, 5.74) is 1.94. The van der Waals surface area contributed by atoms with E-state index in [4.69, 9.17) is 0 Å². The molecule has 0 amide bonds. The first-order chi connectivity index (χ1) is 11.3. The Morgan fingerprint density at radius 2 is 2.26 bits per heavy atom. The van der Waals surface area contributed by atoms with Crippen molar-refractivity contribution >= 4 is 0 Å². The largest absolute Gasteiger partial charge is 0.303 e. The van der Waals surface area contributed by atoms with Crippen LogP contribution < -0.4 is 0 Å². The molecule has 1 aliphatic heterocycles. The van der Waals surface area contributed by atoms with E-state index in [9.17, 15) is 0 Å². The summed E-state index contributed by atoms with van der Waals surface area (Å²) in [4.78, 5) is 6.78. The number of hydrogen-bond donors (Lipinski definition) is 0. The molecule has 1 fully saturated rings. The van der Waals surface area contributed by atoms with Crippen molar-refractivity contribution in [2.24, 2.45) is 5.92 Å². The lowest BCUT2D eigenvalue weighted by Crippen LogP contribution is -2.37. The Bertz CT molecular complexity index is 580. The highest BCUT2D eigenvalue weighted by molar-refractivity contribution is 5.55. The summed E-state index contributed by atoms with van der Waals surface area (Å²) in [7, 11) is 0. The summed E-state index contributed by atoms with van der Waals surface area (Å²) in [5.74, 6) is 0.689. The van der Waals surface area contributed by atoms with E-state index in [2.05, 4.69) is 27.1 Å². The number of nitrogens with zero attached hydrogens (tertiary/aromatic N) is 5. The highest BCUT2D eigenvalue weighted by Gasteiger charge is 2.20. The van der Waals surface area contributed by atoms with Crippen LogP contribution in [0.4, 0.5) is 0 Å². The van der Waals surface area contributed by atoms with Crippen LogP contribution in [0.5, 0.6) is 0 Å². The number of piperidine rings is 1. The Morgan fingerprint density at radius 3 is 3.09 bits per heavy atom. The molecule has 1 aliphatic rings. The van der Waals surface area contributed by atoms with E-state index in [0.29, 0.717) is 5.92 Å². The lowest BCUT2D eigenvalue weighted by Gasteiger charge is -2.32. The number of pyridine rings is 1. The molecule has 2 aromatic rings. The van der Waals surface area contributed by atoms with Crippen molar-refractivity contribution in [1.82, 2.24) is 24.9 Å². The molecule has 0 spiro atoms. The minimum atomic E-state index is 0.689. The maximum Gasteiger partial charge on any atom is 0.114 e. The predicted molar refractivity (Wildman–Crippen MR) is 91.9 cm³/mol. The molecule has 3 heterocycles. The fourth-order valence-corrected chi connectivity index (χ4v) is 3.39. The first-order valence-electron chi connectivity index (χ1n) is 8.88. The van der Waals surface area contributed by atoms with Gasteiger partial charge in [0, 0.05) is 31.0 Å². The number of hydrogen-bond acceptors (Lipinski definition) is 4. The third-order valence-corrected chi connectivity index (χ3v) is 4.62. The minimum absolute atomic E-state index is 0.689. The Hall–Kier alpha value is -1.75. The van der Waals surface area contributed by atoms with Gasteiger partial charge in [-0.25, -0.2) is 0 Å². The van der Waals surface area contributed by atoms with Crippen LogP contribution in [-0.2, 0) is 6.54 Å². The van der Waals surface area contributed by atoms with Crippen LogP contribution in [0.2, 0.25) is 0 Å². The first kappa shape index (κ1) is 16.1. The van der Waals surface area contributed by atoms with Gasteiger partial charge in [-0.05, 0) is 50.4 Å². The molecule has 124 valence electrons. The van der Waals surface area contributed by atoms with E-state index in [0.717, 1.165) is 17.8 Å². The van der Waals surface area contributed by atoms with Crippen molar-refractivity contribution < 1.29 is 0 Å². The van der Waals surface area contributed by atoms with Gasteiger partial charge in [0.05, 0.1) is 6.20 Å². The molecule has 0 aliphatic carbocycles. The summed E-state index contributed by atoms with van der Waals surface area (Å²) in [6, 6.07) is 3.96. The van der Waals surface area contributed by atoms with E-state index in [-0.39, 0.29) is 0 Å². The van der Waals surface area contributed by atoms with Crippen LogP contribution in [-0.4, -0.2) is 44.5 Å². The van der Waals surface area contributed by atoms with Gasteiger partial charge >= 0.3 is 0 Å². The van der Waals surface area contributed by atoms with Gasteiger partial charge in [-0.2, -0.15) is 0 Å². The monoisotopic (exact) mass is 313 g/mol. The first-order valence-corrected chi connectivity index (χ1v) is 8.88. The zero-order valence-electron chi connectivity index (χ0n) is 14.1. The predicted octanol–water partition coefficient (Wildman–Crippen LogP) is 3.24. The average molecular weight is 313 g/mol. The topological polar surface area (TPSA) is 46.8 Å². The fraction of sp³-hybridized carbons (Fsp3) is 0.611. The Kier molecular flexibility index (Phi) is 5.75. The third-order valence-electron chi connectivity index (χ3n) is 4.62. The van der Waals surface area contributed by atoms with Gasteiger partial charge in [0.1, 0.15) is 5.69 Å². The molecule has 23 heavy (non-hydrogen) atoms. The van der Waals surface area contributed by atoms with Gasteiger partial charge in [-0.3, -0.25) is 9.67 Å². The van der Waals surface area contributed by atoms with E-state index in [1.165, 1.54) is 51.7 Å². The summed E-state index contributed by atoms with van der Waals surface area (Å²) in [6.45, 7) is 6.95. The maximum atomic E-state index is 4.31. The van der Waals surface area contributed by atoms with E-state index >= 15 is 0 Å². The average Bonchev–Trinajstić information content (AvgIpc) is 3.05. The van der Waals surface area contributed by atoms with Crippen LogP contribution in [0.1, 0.15) is 39.0 Å². The summed E-state index contributed by atoms with van der Waals surface area (Å²) in [5, 5.41) is 8.60. The number of unbranched alkanes of at least 4 members (excludes halogenated alkanes) is 2. The van der Waals surface area contributed by atoms with E-state index in [1.54, 1.807) is 6.20 Å². The molecule has 0 aromatic carbocycles. The smallest absolute Gasteiger partial charge is 0.114 e. The van der Waals surface area contributed by atoms with Gasteiger partial charge in [-0.1, -0.05) is 25.0 Å². The minimum Gasteiger partial charge on any atom is -0.303 e. The quantitative estimate of drug-likeness (QED) is 0.736. The molecule has 0 radical (unpaired) electrons. The van der Waals surface area contributed by atoms with Gasteiger partial charge in [0.2, 0.25) is 0 Å². The van der Waals surface area contributed by atoms with Gasteiger partial charge in [0.15, 0.2) is 0 Å². The molecule has 3 rings (SSSR count). The zero-order valence-corrected chi connectivity index (χ0v) is 14.1. The molecule has 1 atom stereocenters. The summed E-state index contributed by atoms with van der Waals surface area (Å²) >= 11 is 0. The Balaban J connectivity index is 1.54. The standard InChI is InChI=1S/C18H27N5/c1-2-3-4-10-22-11-6-7-16(13-22)14-23-15-18(20-21-23)17-8-5-9-19-12-17/h5,8-9,12,15-16H,2-4,6-7,10-11,13-14H2,1H3. The highest BCUT2D eigenvalue weighted by Crippen LogP contribution is 2.20. The lowest BCUT2D eigenvalue weighted by atomic mass is 9.98. The van der Waals surface area contributed by atoms with Crippen LogP contribution in [0.25, 0.3) is 11.3 Å². The summed E-state index contributed by atoms with van der Waals surface area (Å²) < 4.78 is 2.00. The molecule has 0 N–H and O–H groups in total. The molecular formula is C18H27N5. The second kappa shape index (κ2) is 8.20. The maximum absolute atomic E-state index is 4.31. The van der Waals surface area contributed by atoms with Crippen molar-refractivity contribution in [3.63, 3.8) is 0 Å². The van der Waals surface area contributed by atoms with Gasteiger partial charge in [0.25, 0.3) is 0 Å². The second-order valence-electron chi connectivity index (χ2n) is 6.58. The summed E-state index contributed by atoms with van der Waals surface area (Å²) in [6.07, 6.45) is 12.2. The van der Waals surface area contributed by atoms with Crippen LogP contribution in [0.15, 0.2) is 30.7 Å². The van der Waals surface area contributed by atoms with E-state index in [1.807, 2.05) is 29.2 Å². The Labute approximate surface area is 138 Å².